The number of amides is 2. The molecule has 0 unspecified atom stereocenters. The van der Waals surface area contributed by atoms with E-state index in [1.165, 1.54) is 12.1 Å². The van der Waals surface area contributed by atoms with Crippen molar-refractivity contribution in [3.05, 3.63) is 114 Å². The summed E-state index contributed by atoms with van der Waals surface area (Å²) in [7, 11) is 0. The maximum Gasteiger partial charge on any atom is 0.416 e. The molecule has 0 aliphatic carbocycles. The van der Waals surface area contributed by atoms with Crippen molar-refractivity contribution in [3.63, 3.8) is 0 Å². The second kappa shape index (κ2) is 16.9. The molecule has 1 aliphatic rings. The van der Waals surface area contributed by atoms with Crippen LogP contribution in [0, 0.1) is 0 Å². The van der Waals surface area contributed by atoms with Crippen molar-refractivity contribution in [2.24, 2.45) is 0 Å². The molecule has 1 heterocycles. The lowest BCUT2D eigenvalue weighted by Gasteiger charge is -2.33. The second-order valence-electron chi connectivity index (χ2n) is 12.0. The predicted molar refractivity (Wildman–Crippen MR) is 191 cm³/mol. The normalized spacial score (nSPS) is 14.0. The van der Waals surface area contributed by atoms with Gasteiger partial charge in [0, 0.05) is 41.7 Å². The summed E-state index contributed by atoms with van der Waals surface area (Å²) in [5.74, 6) is 0.415. The van der Waals surface area contributed by atoms with Gasteiger partial charge < -0.3 is 19.9 Å². The number of unbranched alkanes of at least 4 members (excludes halogenated alkanes) is 1. The standard InChI is InChI=1S/C39H42F3N3O3S/c1-3-48-34-16-11-17-35(49-2)36(34)45(38(47)29-12-5-4-6-13-29)25-10-9-24-44-26-22-31(23-27-44)43-37(46)33-15-8-7-14-32(33)28-18-20-30(21-19-28)39(40,41)42/h4-8,11-21,31H,3,9-10,22-27H2,1-2H3,(H,43,46). The number of alkyl halides is 3. The van der Waals surface area contributed by atoms with Crippen LogP contribution in [0.1, 0.15) is 58.9 Å². The number of hydrogen-bond donors (Lipinski definition) is 1. The fraction of sp³-hybridized carbons (Fsp3) is 0.333. The summed E-state index contributed by atoms with van der Waals surface area (Å²) in [5, 5.41) is 3.15. The van der Waals surface area contributed by atoms with E-state index in [-0.39, 0.29) is 17.9 Å². The van der Waals surface area contributed by atoms with E-state index in [0.29, 0.717) is 41.2 Å². The molecule has 1 N–H and O–H groups in total. The zero-order chi connectivity index (χ0) is 34.8. The van der Waals surface area contributed by atoms with E-state index < -0.39 is 11.7 Å². The number of benzene rings is 4. The number of rotatable bonds is 13. The fourth-order valence-electron chi connectivity index (χ4n) is 6.20. The number of likely N-dealkylation sites (tertiary alicyclic amines) is 1. The Balaban J connectivity index is 1.16. The highest BCUT2D eigenvalue weighted by atomic mass is 32.2. The molecule has 4 aromatic rings. The summed E-state index contributed by atoms with van der Waals surface area (Å²) in [6, 6.07) is 27.1. The molecule has 0 spiro atoms. The molecule has 0 saturated carbocycles. The molecular weight excluding hydrogens is 648 g/mol. The number of anilines is 1. The molecule has 2 amide bonds. The monoisotopic (exact) mass is 689 g/mol. The lowest BCUT2D eigenvalue weighted by molar-refractivity contribution is -0.137. The zero-order valence-electron chi connectivity index (χ0n) is 27.8. The van der Waals surface area contributed by atoms with E-state index in [1.54, 1.807) is 36.0 Å². The van der Waals surface area contributed by atoms with Crippen LogP contribution < -0.4 is 15.0 Å². The third kappa shape index (κ3) is 9.25. The number of nitrogens with one attached hydrogen (secondary N) is 1. The quantitative estimate of drug-likeness (QED) is 0.112. The van der Waals surface area contributed by atoms with Gasteiger partial charge in [-0.15, -0.1) is 11.8 Å². The Morgan fingerprint density at radius 1 is 0.898 bits per heavy atom. The zero-order valence-corrected chi connectivity index (χ0v) is 28.7. The molecule has 0 aromatic heterocycles. The van der Waals surface area contributed by atoms with Gasteiger partial charge >= 0.3 is 6.18 Å². The Morgan fingerprint density at radius 3 is 2.27 bits per heavy atom. The van der Waals surface area contributed by atoms with E-state index in [1.807, 2.05) is 66.6 Å². The molecule has 0 bridgehead atoms. The number of carbonyl (C=O) groups is 2. The number of thioether (sulfide) groups is 1. The number of hydrogen-bond acceptors (Lipinski definition) is 5. The van der Waals surface area contributed by atoms with Gasteiger partial charge in [0.25, 0.3) is 11.8 Å². The lowest BCUT2D eigenvalue weighted by Crippen LogP contribution is -2.45. The number of piperidine rings is 1. The van der Waals surface area contributed by atoms with Crippen molar-refractivity contribution in [1.82, 2.24) is 10.2 Å². The van der Waals surface area contributed by atoms with E-state index >= 15 is 0 Å². The summed E-state index contributed by atoms with van der Waals surface area (Å²) in [5.41, 5.74) is 2.31. The molecule has 10 heteroatoms. The van der Waals surface area contributed by atoms with Crippen molar-refractivity contribution < 1.29 is 27.5 Å². The van der Waals surface area contributed by atoms with E-state index in [9.17, 15) is 22.8 Å². The van der Waals surface area contributed by atoms with Crippen molar-refractivity contribution in [2.45, 2.75) is 49.7 Å². The molecule has 0 radical (unpaired) electrons. The fourth-order valence-corrected chi connectivity index (χ4v) is 6.82. The Labute approximate surface area is 290 Å². The second-order valence-corrected chi connectivity index (χ2v) is 12.8. The smallest absolute Gasteiger partial charge is 0.416 e. The van der Waals surface area contributed by atoms with Crippen LogP contribution in [0.25, 0.3) is 11.1 Å². The van der Waals surface area contributed by atoms with Crippen molar-refractivity contribution >= 4 is 29.3 Å². The van der Waals surface area contributed by atoms with Gasteiger partial charge in [0.1, 0.15) is 11.4 Å². The van der Waals surface area contributed by atoms with Crippen LogP contribution in [0.5, 0.6) is 5.75 Å². The Kier molecular flexibility index (Phi) is 12.4. The molecule has 4 aromatic carbocycles. The Bertz CT molecular complexity index is 1690. The summed E-state index contributed by atoms with van der Waals surface area (Å²) >= 11 is 1.59. The highest BCUT2D eigenvalue weighted by molar-refractivity contribution is 7.98. The minimum atomic E-state index is -4.42. The number of carbonyl (C=O) groups excluding carboxylic acids is 2. The SMILES string of the molecule is CCOc1cccc(SC)c1N(CCCCN1CCC(NC(=O)c2ccccc2-c2ccc(C(F)(F)F)cc2)CC1)C(=O)c1ccccc1. The van der Waals surface area contributed by atoms with Gasteiger partial charge in [0.2, 0.25) is 0 Å². The van der Waals surface area contributed by atoms with Crippen molar-refractivity contribution in [3.8, 4) is 16.9 Å². The van der Waals surface area contributed by atoms with Crippen LogP contribution >= 0.6 is 11.8 Å². The van der Waals surface area contributed by atoms with Crippen LogP contribution in [-0.2, 0) is 6.18 Å². The first-order chi connectivity index (χ1) is 23.7. The van der Waals surface area contributed by atoms with Gasteiger partial charge in [0.05, 0.1) is 12.2 Å². The summed E-state index contributed by atoms with van der Waals surface area (Å²) in [4.78, 5) is 32.4. The molecule has 258 valence electrons. The van der Waals surface area contributed by atoms with Crippen molar-refractivity contribution in [2.75, 3.05) is 43.9 Å². The first-order valence-electron chi connectivity index (χ1n) is 16.7. The minimum Gasteiger partial charge on any atom is -0.492 e. The van der Waals surface area contributed by atoms with Crippen LogP contribution in [0.15, 0.2) is 102 Å². The number of para-hydroxylation sites is 1. The van der Waals surface area contributed by atoms with Gasteiger partial charge in [-0.3, -0.25) is 9.59 Å². The summed E-state index contributed by atoms with van der Waals surface area (Å²) in [6.45, 7) is 5.55. The topological polar surface area (TPSA) is 61.9 Å². The summed E-state index contributed by atoms with van der Waals surface area (Å²) < 4.78 is 45.2. The highest BCUT2D eigenvalue weighted by Crippen LogP contribution is 2.39. The largest absolute Gasteiger partial charge is 0.492 e. The van der Waals surface area contributed by atoms with E-state index in [4.69, 9.17) is 4.74 Å². The molecular formula is C39H42F3N3O3S. The molecule has 1 saturated heterocycles. The molecule has 6 nitrogen and oxygen atoms in total. The number of nitrogens with zero attached hydrogens (tertiary/aromatic N) is 2. The third-order valence-corrected chi connectivity index (χ3v) is 9.51. The molecule has 1 fully saturated rings. The van der Waals surface area contributed by atoms with Crippen LogP contribution in [-0.4, -0.2) is 61.8 Å². The van der Waals surface area contributed by atoms with Crippen LogP contribution in [0.4, 0.5) is 18.9 Å². The maximum absolute atomic E-state index is 13.8. The molecule has 1 aliphatic heterocycles. The van der Waals surface area contributed by atoms with Gasteiger partial charge in [-0.2, -0.15) is 13.2 Å². The van der Waals surface area contributed by atoms with Crippen LogP contribution in [0.2, 0.25) is 0 Å². The maximum atomic E-state index is 13.8. The van der Waals surface area contributed by atoms with Gasteiger partial charge in [-0.1, -0.05) is 54.6 Å². The van der Waals surface area contributed by atoms with Gasteiger partial charge in [0.15, 0.2) is 0 Å². The Hall–Kier alpha value is -4.28. The highest BCUT2D eigenvalue weighted by Gasteiger charge is 2.30. The minimum absolute atomic E-state index is 0.00318. The average molecular weight is 690 g/mol. The van der Waals surface area contributed by atoms with E-state index in [0.717, 1.165) is 68.0 Å². The van der Waals surface area contributed by atoms with Crippen molar-refractivity contribution in [1.29, 1.82) is 0 Å². The molecule has 5 rings (SSSR count). The third-order valence-electron chi connectivity index (χ3n) is 8.74. The van der Waals surface area contributed by atoms with Gasteiger partial charge in [-0.05, 0) is 99.0 Å². The first-order valence-corrected chi connectivity index (χ1v) is 17.9. The average Bonchev–Trinajstić information content (AvgIpc) is 3.12. The Morgan fingerprint density at radius 2 is 1.59 bits per heavy atom. The summed E-state index contributed by atoms with van der Waals surface area (Å²) in [6.07, 6.45) is 0.896. The number of ether oxygens (including phenoxy) is 1. The van der Waals surface area contributed by atoms with E-state index in [2.05, 4.69) is 10.2 Å². The lowest BCUT2D eigenvalue weighted by atomic mass is 9.97. The molecule has 0 atom stereocenters. The predicted octanol–water partition coefficient (Wildman–Crippen LogP) is 8.81. The van der Waals surface area contributed by atoms with Gasteiger partial charge in [-0.25, -0.2) is 0 Å². The molecule has 49 heavy (non-hydrogen) atoms. The first kappa shape index (κ1) is 36.0. The number of halogens is 3. The van der Waals surface area contributed by atoms with Crippen LogP contribution in [0.3, 0.4) is 0 Å².